The van der Waals surface area contributed by atoms with Gasteiger partial charge in [-0.25, -0.2) is 9.97 Å². The summed E-state index contributed by atoms with van der Waals surface area (Å²) >= 11 is 6.20. The van der Waals surface area contributed by atoms with E-state index in [1.54, 1.807) is 18.3 Å². The number of carbonyl (C=O) groups excluding carboxylic acids is 1. The summed E-state index contributed by atoms with van der Waals surface area (Å²) in [6.07, 6.45) is 1.77. The number of amides is 1. The average Bonchev–Trinajstić information content (AvgIpc) is 2.90. The Kier molecular flexibility index (Phi) is 6.40. The van der Waals surface area contributed by atoms with Gasteiger partial charge in [0.15, 0.2) is 0 Å². The normalized spacial score (nSPS) is 13.6. The molecule has 1 aliphatic heterocycles. The van der Waals surface area contributed by atoms with Crippen LogP contribution in [0.15, 0.2) is 91.1 Å². The first-order valence-electron chi connectivity index (χ1n) is 11.1. The van der Waals surface area contributed by atoms with Gasteiger partial charge in [0.25, 0.3) is 5.91 Å². The lowest BCUT2D eigenvalue weighted by molar-refractivity contribution is 0.0746. The Morgan fingerprint density at radius 3 is 2.21 bits per heavy atom. The number of rotatable bonds is 5. The molecule has 0 saturated carbocycles. The van der Waals surface area contributed by atoms with E-state index in [4.69, 9.17) is 21.3 Å². The van der Waals surface area contributed by atoms with Crippen molar-refractivity contribution in [3.05, 3.63) is 102 Å². The third-order valence-electron chi connectivity index (χ3n) is 5.73. The average molecular weight is 471 g/mol. The molecule has 4 aromatic rings. The van der Waals surface area contributed by atoms with Crippen LogP contribution in [-0.2, 0) is 0 Å². The van der Waals surface area contributed by atoms with Gasteiger partial charge in [0.2, 0.25) is 5.95 Å². The van der Waals surface area contributed by atoms with E-state index >= 15 is 0 Å². The topological polar surface area (TPSA) is 58.6 Å². The highest BCUT2D eigenvalue weighted by molar-refractivity contribution is 6.33. The summed E-state index contributed by atoms with van der Waals surface area (Å²) < 4.78 is 5.88. The molecule has 3 aromatic carbocycles. The molecule has 1 aliphatic rings. The van der Waals surface area contributed by atoms with Crippen LogP contribution in [0.5, 0.6) is 11.5 Å². The summed E-state index contributed by atoms with van der Waals surface area (Å²) in [6.45, 7) is 2.49. The van der Waals surface area contributed by atoms with Gasteiger partial charge in [0.1, 0.15) is 11.5 Å². The van der Waals surface area contributed by atoms with Crippen molar-refractivity contribution >= 4 is 23.5 Å². The third-order valence-corrected chi connectivity index (χ3v) is 6.06. The van der Waals surface area contributed by atoms with E-state index in [2.05, 4.69) is 9.88 Å². The van der Waals surface area contributed by atoms with Crippen molar-refractivity contribution < 1.29 is 9.53 Å². The molecule has 0 bridgehead atoms. The van der Waals surface area contributed by atoms with Crippen LogP contribution in [0.4, 0.5) is 5.95 Å². The largest absolute Gasteiger partial charge is 0.457 e. The molecule has 34 heavy (non-hydrogen) atoms. The van der Waals surface area contributed by atoms with Crippen LogP contribution in [0.25, 0.3) is 11.3 Å². The fraction of sp³-hybridized carbons (Fsp3) is 0.148. The Morgan fingerprint density at radius 2 is 1.47 bits per heavy atom. The molecule has 170 valence electrons. The molecule has 0 radical (unpaired) electrons. The summed E-state index contributed by atoms with van der Waals surface area (Å²) in [6, 6.07) is 26.6. The molecule has 0 unspecified atom stereocenters. The van der Waals surface area contributed by atoms with E-state index in [0.29, 0.717) is 42.7 Å². The molecule has 5 rings (SSSR count). The number of carbonyl (C=O) groups is 1. The predicted molar refractivity (Wildman–Crippen MR) is 134 cm³/mol. The van der Waals surface area contributed by atoms with Gasteiger partial charge in [0, 0.05) is 37.9 Å². The van der Waals surface area contributed by atoms with E-state index < -0.39 is 0 Å². The van der Waals surface area contributed by atoms with Crippen LogP contribution in [0.1, 0.15) is 10.4 Å². The number of hydrogen-bond donors (Lipinski definition) is 0. The van der Waals surface area contributed by atoms with Crippen LogP contribution in [0.3, 0.4) is 0 Å². The first-order valence-corrected chi connectivity index (χ1v) is 11.5. The zero-order chi connectivity index (χ0) is 23.3. The van der Waals surface area contributed by atoms with Crippen LogP contribution >= 0.6 is 11.6 Å². The number of nitrogens with zero attached hydrogens (tertiary/aromatic N) is 4. The number of anilines is 1. The van der Waals surface area contributed by atoms with Crippen LogP contribution in [0.2, 0.25) is 5.02 Å². The van der Waals surface area contributed by atoms with E-state index in [9.17, 15) is 4.79 Å². The highest BCUT2D eigenvalue weighted by atomic mass is 35.5. The summed E-state index contributed by atoms with van der Waals surface area (Å²) in [7, 11) is 0. The van der Waals surface area contributed by atoms with Crippen molar-refractivity contribution in [1.29, 1.82) is 0 Å². The highest BCUT2D eigenvalue weighted by Crippen LogP contribution is 2.26. The first-order chi connectivity index (χ1) is 16.7. The predicted octanol–water partition coefficient (Wildman–Crippen LogP) is 5.55. The third kappa shape index (κ3) is 4.87. The Morgan fingerprint density at radius 1 is 0.794 bits per heavy atom. The molecule has 1 saturated heterocycles. The molecular formula is C27H23ClN4O2. The van der Waals surface area contributed by atoms with Crippen molar-refractivity contribution in [2.45, 2.75) is 0 Å². The summed E-state index contributed by atoms with van der Waals surface area (Å²) in [5.74, 6) is 2.18. The Labute approximate surface area is 203 Å². The highest BCUT2D eigenvalue weighted by Gasteiger charge is 2.24. The number of piperazine rings is 1. The fourth-order valence-electron chi connectivity index (χ4n) is 3.89. The lowest BCUT2D eigenvalue weighted by Crippen LogP contribution is -2.49. The van der Waals surface area contributed by atoms with Gasteiger partial charge >= 0.3 is 0 Å². The summed E-state index contributed by atoms with van der Waals surface area (Å²) in [4.78, 5) is 26.0. The lowest BCUT2D eigenvalue weighted by atomic mass is 10.1. The van der Waals surface area contributed by atoms with E-state index in [-0.39, 0.29) is 5.91 Å². The van der Waals surface area contributed by atoms with Crippen LogP contribution in [0, 0.1) is 0 Å². The van der Waals surface area contributed by atoms with Crippen LogP contribution in [-0.4, -0.2) is 47.0 Å². The molecule has 1 fully saturated rings. The van der Waals surface area contributed by atoms with Gasteiger partial charge in [-0.05, 0) is 54.6 Å². The van der Waals surface area contributed by atoms with Gasteiger partial charge in [-0.15, -0.1) is 0 Å². The monoisotopic (exact) mass is 470 g/mol. The van der Waals surface area contributed by atoms with Crippen LogP contribution < -0.4 is 9.64 Å². The molecule has 0 atom stereocenters. The first kappa shape index (κ1) is 21.9. The Balaban J connectivity index is 1.24. The zero-order valence-corrected chi connectivity index (χ0v) is 19.2. The van der Waals surface area contributed by atoms with E-state index in [0.717, 1.165) is 22.8 Å². The van der Waals surface area contributed by atoms with Gasteiger partial charge in [0.05, 0.1) is 16.3 Å². The SMILES string of the molecule is O=C(c1ccccc1Cl)N1CCN(c2nccc(-c3ccc(Oc4ccccc4)cc3)n2)CC1. The molecule has 0 N–H and O–H groups in total. The number of benzene rings is 3. The Hall–Kier alpha value is -3.90. The maximum atomic E-state index is 12.8. The quantitative estimate of drug-likeness (QED) is 0.382. The standard InChI is InChI=1S/C27H23ClN4O2/c28-24-9-5-4-8-23(24)26(33)31-16-18-32(19-17-31)27-29-15-14-25(30-27)20-10-12-22(13-11-20)34-21-6-2-1-3-7-21/h1-15H,16-19H2. The smallest absolute Gasteiger partial charge is 0.255 e. The second-order valence-electron chi connectivity index (χ2n) is 7.94. The zero-order valence-electron chi connectivity index (χ0n) is 18.5. The van der Waals surface area contributed by atoms with Crippen molar-refractivity contribution in [3.8, 4) is 22.8 Å². The van der Waals surface area contributed by atoms with Gasteiger partial charge in [-0.1, -0.05) is 41.9 Å². The molecule has 0 aliphatic carbocycles. The summed E-state index contributed by atoms with van der Waals surface area (Å²) in [5.41, 5.74) is 2.36. The molecule has 0 spiro atoms. The second kappa shape index (κ2) is 9.93. The minimum Gasteiger partial charge on any atom is -0.457 e. The number of halogens is 1. The number of para-hydroxylation sites is 1. The van der Waals surface area contributed by atoms with Gasteiger partial charge in [-0.3, -0.25) is 4.79 Å². The van der Waals surface area contributed by atoms with Crippen molar-refractivity contribution in [3.63, 3.8) is 0 Å². The minimum atomic E-state index is -0.0438. The molecule has 1 aromatic heterocycles. The van der Waals surface area contributed by atoms with Crippen molar-refractivity contribution in [2.24, 2.45) is 0 Å². The molecule has 2 heterocycles. The molecular weight excluding hydrogens is 448 g/mol. The van der Waals surface area contributed by atoms with Gasteiger partial charge < -0.3 is 14.5 Å². The number of ether oxygens (including phenoxy) is 1. The second-order valence-corrected chi connectivity index (χ2v) is 8.35. The minimum absolute atomic E-state index is 0.0438. The van der Waals surface area contributed by atoms with E-state index in [1.807, 2.05) is 77.7 Å². The lowest BCUT2D eigenvalue weighted by Gasteiger charge is -2.35. The maximum Gasteiger partial charge on any atom is 0.255 e. The molecule has 7 heteroatoms. The van der Waals surface area contributed by atoms with Crippen molar-refractivity contribution in [1.82, 2.24) is 14.9 Å². The molecule has 1 amide bonds. The maximum absolute atomic E-state index is 12.8. The Bertz CT molecular complexity index is 1270. The number of hydrogen-bond acceptors (Lipinski definition) is 5. The fourth-order valence-corrected chi connectivity index (χ4v) is 4.11. The molecule has 6 nitrogen and oxygen atoms in total. The summed E-state index contributed by atoms with van der Waals surface area (Å²) in [5, 5.41) is 0.478. The van der Waals surface area contributed by atoms with E-state index in [1.165, 1.54) is 0 Å². The van der Waals surface area contributed by atoms with Gasteiger partial charge in [-0.2, -0.15) is 0 Å². The number of aromatic nitrogens is 2. The van der Waals surface area contributed by atoms with Crippen molar-refractivity contribution in [2.75, 3.05) is 31.1 Å².